The van der Waals surface area contributed by atoms with Crippen LogP contribution in [-0.2, 0) is 11.3 Å². The average molecular weight is 398 g/mol. The van der Waals surface area contributed by atoms with Crippen LogP contribution >= 0.6 is 39.0 Å². The van der Waals surface area contributed by atoms with E-state index in [2.05, 4.69) is 22.0 Å². The lowest BCUT2D eigenvalue weighted by Gasteiger charge is -2.34. The maximum Gasteiger partial charge on any atom is 0.224 e. The summed E-state index contributed by atoms with van der Waals surface area (Å²) >= 11 is 7.04. The van der Waals surface area contributed by atoms with E-state index in [9.17, 15) is 4.79 Å². The molecule has 1 aromatic carbocycles. The molecule has 0 radical (unpaired) electrons. The normalized spacial score (nSPS) is 18.5. The van der Waals surface area contributed by atoms with Gasteiger partial charge in [-0.1, -0.05) is 12.1 Å². The van der Waals surface area contributed by atoms with Crippen LogP contribution in [0.3, 0.4) is 0 Å². The van der Waals surface area contributed by atoms with Gasteiger partial charge in [0, 0.05) is 23.6 Å². The molecule has 22 heavy (non-hydrogen) atoms. The van der Waals surface area contributed by atoms with Gasteiger partial charge in [-0.3, -0.25) is 4.79 Å². The molecule has 2 aromatic rings. The summed E-state index contributed by atoms with van der Waals surface area (Å²) in [6, 6.07) is 12.1. The Morgan fingerprint density at radius 1 is 1.36 bits per heavy atom. The predicted octanol–water partition coefficient (Wildman–Crippen LogP) is 4.68. The van der Waals surface area contributed by atoms with Crippen LogP contribution in [0.15, 0.2) is 40.2 Å². The van der Waals surface area contributed by atoms with E-state index < -0.39 is 0 Å². The first-order chi connectivity index (χ1) is 10.7. The highest BCUT2D eigenvalue weighted by Gasteiger charge is 2.30. The second-order valence-electron chi connectivity index (χ2n) is 4.99. The molecule has 116 valence electrons. The van der Waals surface area contributed by atoms with Crippen molar-refractivity contribution in [1.82, 2.24) is 4.90 Å². The first-order valence-electron chi connectivity index (χ1n) is 6.96. The number of hydrogen-bond donors (Lipinski definition) is 0. The maximum absolute atomic E-state index is 12.4. The van der Waals surface area contributed by atoms with Gasteiger partial charge in [-0.15, -0.1) is 23.1 Å². The van der Waals surface area contributed by atoms with E-state index in [1.807, 2.05) is 47.0 Å². The van der Waals surface area contributed by atoms with Crippen molar-refractivity contribution >= 4 is 44.9 Å². The van der Waals surface area contributed by atoms with Crippen molar-refractivity contribution in [2.24, 2.45) is 0 Å². The number of thioether (sulfide) groups is 1. The molecule has 1 aliphatic heterocycles. The van der Waals surface area contributed by atoms with Gasteiger partial charge in [-0.2, -0.15) is 0 Å². The monoisotopic (exact) mass is 397 g/mol. The number of rotatable bonds is 4. The van der Waals surface area contributed by atoms with Crippen molar-refractivity contribution < 1.29 is 9.53 Å². The van der Waals surface area contributed by atoms with Gasteiger partial charge in [-0.25, -0.2) is 0 Å². The van der Waals surface area contributed by atoms with Gasteiger partial charge >= 0.3 is 0 Å². The fourth-order valence-electron chi connectivity index (χ4n) is 2.46. The molecule has 3 nitrogen and oxygen atoms in total. The van der Waals surface area contributed by atoms with Crippen molar-refractivity contribution in [2.75, 3.05) is 12.9 Å². The molecule has 1 amide bonds. The number of nitrogens with zero attached hydrogens (tertiary/aromatic N) is 1. The predicted molar refractivity (Wildman–Crippen MR) is 95.4 cm³/mol. The summed E-state index contributed by atoms with van der Waals surface area (Å²) in [4.78, 5) is 15.6. The molecule has 0 spiro atoms. The van der Waals surface area contributed by atoms with Crippen molar-refractivity contribution in [3.05, 3.63) is 50.6 Å². The van der Waals surface area contributed by atoms with Gasteiger partial charge in [0.2, 0.25) is 5.91 Å². The Balaban J connectivity index is 1.85. The number of amides is 1. The van der Waals surface area contributed by atoms with Crippen LogP contribution in [0.2, 0.25) is 0 Å². The van der Waals surface area contributed by atoms with Crippen LogP contribution in [0.5, 0.6) is 5.75 Å². The lowest BCUT2D eigenvalue weighted by atomic mass is 10.2. The highest BCUT2D eigenvalue weighted by molar-refractivity contribution is 9.11. The molecular formula is C16H16BrNO2S2. The number of halogens is 1. The van der Waals surface area contributed by atoms with E-state index in [-0.39, 0.29) is 11.3 Å². The number of carbonyl (C=O) groups is 1. The molecule has 1 atom stereocenters. The summed E-state index contributed by atoms with van der Waals surface area (Å²) in [5, 5.41) is 0.101. The Labute approximate surface area is 146 Å². The number of ether oxygens (including phenoxy) is 1. The summed E-state index contributed by atoms with van der Waals surface area (Å²) in [5.41, 5.74) is 1.09. The lowest BCUT2D eigenvalue weighted by molar-refractivity contribution is -0.132. The Kier molecular flexibility index (Phi) is 5.10. The Hall–Kier alpha value is -0.980. The summed E-state index contributed by atoms with van der Waals surface area (Å²) < 4.78 is 6.37. The SMILES string of the molecule is COc1cccc(CN2C(=O)CCSC2c2ccc(Br)s2)c1. The fraction of sp³-hybridized carbons (Fsp3) is 0.312. The van der Waals surface area contributed by atoms with Crippen LogP contribution in [0.1, 0.15) is 22.2 Å². The van der Waals surface area contributed by atoms with Gasteiger partial charge in [0.1, 0.15) is 11.1 Å². The molecule has 1 unspecified atom stereocenters. The zero-order valence-corrected chi connectivity index (χ0v) is 15.3. The van der Waals surface area contributed by atoms with Gasteiger partial charge in [-0.05, 0) is 45.8 Å². The number of benzene rings is 1. The van der Waals surface area contributed by atoms with E-state index in [0.717, 1.165) is 20.9 Å². The number of thiophene rings is 1. The van der Waals surface area contributed by atoms with E-state index in [4.69, 9.17) is 4.74 Å². The summed E-state index contributed by atoms with van der Waals surface area (Å²) in [7, 11) is 1.66. The second kappa shape index (κ2) is 7.06. The van der Waals surface area contributed by atoms with Gasteiger partial charge in [0.15, 0.2) is 0 Å². The second-order valence-corrected chi connectivity index (χ2v) is 8.67. The minimum Gasteiger partial charge on any atom is -0.497 e. The zero-order chi connectivity index (χ0) is 15.5. The molecule has 1 fully saturated rings. The van der Waals surface area contributed by atoms with Gasteiger partial charge in [0.05, 0.1) is 10.9 Å². The molecule has 0 N–H and O–H groups in total. The van der Waals surface area contributed by atoms with Crippen molar-refractivity contribution in [3.63, 3.8) is 0 Å². The van der Waals surface area contributed by atoms with Crippen LogP contribution in [0.25, 0.3) is 0 Å². The minimum atomic E-state index is 0.101. The topological polar surface area (TPSA) is 29.5 Å². The summed E-state index contributed by atoms with van der Waals surface area (Å²) in [5.74, 6) is 1.93. The Morgan fingerprint density at radius 2 is 2.23 bits per heavy atom. The largest absolute Gasteiger partial charge is 0.497 e. The Morgan fingerprint density at radius 3 is 2.95 bits per heavy atom. The van der Waals surface area contributed by atoms with Gasteiger partial charge in [0.25, 0.3) is 0 Å². The third-order valence-corrected chi connectivity index (χ3v) is 6.61. The molecule has 1 saturated heterocycles. The van der Waals surface area contributed by atoms with Crippen LogP contribution in [0, 0.1) is 0 Å². The summed E-state index contributed by atoms with van der Waals surface area (Å²) in [6.45, 7) is 0.614. The van der Waals surface area contributed by atoms with E-state index >= 15 is 0 Å². The maximum atomic E-state index is 12.4. The zero-order valence-electron chi connectivity index (χ0n) is 12.1. The molecule has 0 bridgehead atoms. The van der Waals surface area contributed by atoms with E-state index in [1.54, 1.807) is 18.4 Å². The third kappa shape index (κ3) is 3.50. The lowest BCUT2D eigenvalue weighted by Crippen LogP contribution is -2.36. The molecule has 0 saturated carbocycles. The highest BCUT2D eigenvalue weighted by Crippen LogP contribution is 2.42. The third-order valence-electron chi connectivity index (χ3n) is 3.52. The molecular weight excluding hydrogens is 382 g/mol. The van der Waals surface area contributed by atoms with Crippen LogP contribution < -0.4 is 4.74 Å². The first kappa shape index (κ1) is 15.9. The smallest absolute Gasteiger partial charge is 0.224 e. The van der Waals surface area contributed by atoms with Crippen molar-refractivity contribution in [3.8, 4) is 5.75 Å². The van der Waals surface area contributed by atoms with Crippen molar-refractivity contribution in [1.29, 1.82) is 0 Å². The molecule has 6 heteroatoms. The average Bonchev–Trinajstić information content (AvgIpc) is 2.96. The minimum absolute atomic E-state index is 0.101. The summed E-state index contributed by atoms with van der Waals surface area (Å²) in [6.07, 6.45) is 0.609. The molecule has 3 rings (SSSR count). The quantitative estimate of drug-likeness (QED) is 0.749. The number of methoxy groups -OCH3 is 1. The highest BCUT2D eigenvalue weighted by atomic mass is 79.9. The van der Waals surface area contributed by atoms with Crippen molar-refractivity contribution in [2.45, 2.75) is 18.3 Å². The molecule has 1 aliphatic rings. The van der Waals surface area contributed by atoms with Crippen LogP contribution in [0.4, 0.5) is 0 Å². The molecule has 1 aromatic heterocycles. The standard InChI is InChI=1S/C16H16BrNO2S2/c1-20-12-4-2-3-11(9-12)10-18-15(19)7-8-21-16(18)13-5-6-14(17)22-13/h2-6,9,16H,7-8,10H2,1H3. The molecule has 0 aliphatic carbocycles. The first-order valence-corrected chi connectivity index (χ1v) is 9.62. The van der Waals surface area contributed by atoms with Crippen LogP contribution in [-0.4, -0.2) is 23.7 Å². The molecule has 2 heterocycles. The van der Waals surface area contributed by atoms with Gasteiger partial charge < -0.3 is 9.64 Å². The number of hydrogen-bond acceptors (Lipinski definition) is 4. The fourth-order valence-corrected chi connectivity index (χ4v) is 5.35. The Bertz CT molecular complexity index is 674. The number of carbonyl (C=O) groups excluding carboxylic acids is 1. The van der Waals surface area contributed by atoms with E-state index in [0.29, 0.717) is 13.0 Å². The van der Waals surface area contributed by atoms with E-state index in [1.165, 1.54) is 4.88 Å².